The van der Waals surface area contributed by atoms with E-state index in [4.69, 9.17) is 5.11 Å². The molecule has 0 radical (unpaired) electrons. The summed E-state index contributed by atoms with van der Waals surface area (Å²) in [6.45, 7) is 3.60. The Bertz CT molecular complexity index is 668. The minimum Gasteiger partial charge on any atom is -0.480 e. The van der Waals surface area contributed by atoms with Crippen molar-refractivity contribution in [1.29, 1.82) is 0 Å². The maximum atomic E-state index is 12.2. The number of carbonyl (C=O) groups excluding carboxylic acids is 1. The highest BCUT2D eigenvalue weighted by molar-refractivity contribution is 7.88. The van der Waals surface area contributed by atoms with E-state index in [1.165, 1.54) is 19.2 Å². The molecular formula is C15H21NO6S. The van der Waals surface area contributed by atoms with Crippen molar-refractivity contribution in [3.05, 3.63) is 35.4 Å². The normalized spacial score (nSPS) is 12.9. The lowest BCUT2D eigenvalue weighted by atomic mass is 10.1. The van der Waals surface area contributed by atoms with E-state index in [0.29, 0.717) is 0 Å². The molecule has 0 saturated carbocycles. The van der Waals surface area contributed by atoms with Crippen LogP contribution in [0.25, 0.3) is 0 Å². The van der Waals surface area contributed by atoms with E-state index in [1.807, 2.05) is 0 Å². The van der Waals surface area contributed by atoms with Gasteiger partial charge in [-0.2, -0.15) is 0 Å². The van der Waals surface area contributed by atoms with Crippen LogP contribution < -0.4 is 4.72 Å². The van der Waals surface area contributed by atoms with Gasteiger partial charge in [0.25, 0.3) is 0 Å². The summed E-state index contributed by atoms with van der Waals surface area (Å²) in [6, 6.07) is 4.93. The van der Waals surface area contributed by atoms with Crippen LogP contribution in [0.1, 0.15) is 36.2 Å². The van der Waals surface area contributed by atoms with Crippen molar-refractivity contribution in [2.24, 2.45) is 5.92 Å². The van der Waals surface area contributed by atoms with Gasteiger partial charge in [0.05, 0.1) is 18.4 Å². The molecule has 0 amide bonds. The molecular weight excluding hydrogens is 322 g/mol. The zero-order valence-electron chi connectivity index (χ0n) is 13.3. The maximum Gasteiger partial charge on any atom is 0.338 e. The molecule has 0 unspecified atom stereocenters. The van der Waals surface area contributed by atoms with Crippen LogP contribution in [0.3, 0.4) is 0 Å². The summed E-state index contributed by atoms with van der Waals surface area (Å²) in [5, 5.41) is 9.13. The third-order valence-electron chi connectivity index (χ3n) is 3.10. The molecule has 0 fully saturated rings. The number of sulfonamides is 1. The first-order valence-corrected chi connectivity index (χ1v) is 8.70. The van der Waals surface area contributed by atoms with Gasteiger partial charge < -0.3 is 9.84 Å². The van der Waals surface area contributed by atoms with E-state index in [9.17, 15) is 18.0 Å². The summed E-state index contributed by atoms with van der Waals surface area (Å²) in [6.07, 6.45) is 0.174. The molecule has 1 atom stereocenters. The van der Waals surface area contributed by atoms with E-state index >= 15 is 0 Å². The largest absolute Gasteiger partial charge is 0.480 e. The minimum absolute atomic E-state index is 0.0150. The van der Waals surface area contributed by atoms with Crippen molar-refractivity contribution in [2.45, 2.75) is 32.1 Å². The predicted octanol–water partition coefficient (Wildman–Crippen LogP) is 1.39. The molecule has 0 aliphatic heterocycles. The minimum atomic E-state index is -3.93. The van der Waals surface area contributed by atoms with Crippen LogP contribution in [-0.4, -0.2) is 38.6 Å². The highest BCUT2D eigenvalue weighted by Gasteiger charge is 2.26. The molecule has 1 aromatic rings. The van der Waals surface area contributed by atoms with Gasteiger partial charge in [-0.1, -0.05) is 32.0 Å². The SMILES string of the molecule is COC(=O)c1ccccc1CS(=O)(=O)N[C@@H](CC(C)C)C(=O)O. The van der Waals surface area contributed by atoms with Gasteiger partial charge in [-0.15, -0.1) is 0 Å². The summed E-state index contributed by atoms with van der Waals surface area (Å²) < 4.78 is 31.3. The zero-order valence-corrected chi connectivity index (χ0v) is 14.1. The first-order chi connectivity index (χ1) is 10.7. The van der Waals surface area contributed by atoms with Gasteiger partial charge in [0, 0.05) is 0 Å². The number of carbonyl (C=O) groups is 2. The molecule has 0 bridgehead atoms. The molecule has 23 heavy (non-hydrogen) atoms. The molecule has 0 aliphatic carbocycles. The molecule has 0 aromatic heterocycles. The van der Waals surface area contributed by atoms with Crippen LogP contribution in [0.2, 0.25) is 0 Å². The number of carboxylic acids is 1. The van der Waals surface area contributed by atoms with Crippen LogP contribution in [0, 0.1) is 5.92 Å². The van der Waals surface area contributed by atoms with Gasteiger partial charge in [0.1, 0.15) is 6.04 Å². The standard InChI is InChI=1S/C15H21NO6S/c1-10(2)8-13(14(17)18)16-23(20,21)9-11-6-4-5-7-12(11)15(19)22-3/h4-7,10,13,16H,8-9H2,1-3H3,(H,17,18)/t13-/m0/s1. The Kier molecular flexibility index (Phi) is 6.71. The topological polar surface area (TPSA) is 110 Å². The summed E-state index contributed by atoms with van der Waals surface area (Å²) >= 11 is 0. The molecule has 7 nitrogen and oxygen atoms in total. The molecule has 1 aromatic carbocycles. The molecule has 0 spiro atoms. The Morgan fingerprint density at radius 2 is 1.87 bits per heavy atom. The number of rotatable bonds is 8. The van der Waals surface area contributed by atoms with Gasteiger partial charge in [0.15, 0.2) is 0 Å². The lowest BCUT2D eigenvalue weighted by Gasteiger charge is -2.17. The number of methoxy groups -OCH3 is 1. The third kappa shape index (κ3) is 5.99. The molecule has 0 heterocycles. The zero-order chi connectivity index (χ0) is 17.6. The fourth-order valence-corrected chi connectivity index (χ4v) is 3.46. The summed E-state index contributed by atoms with van der Waals surface area (Å²) in [5.41, 5.74) is 0.386. The van der Waals surface area contributed by atoms with Crippen molar-refractivity contribution < 1.29 is 27.9 Å². The molecule has 0 saturated heterocycles. The molecule has 1 rings (SSSR count). The fraction of sp³-hybridized carbons (Fsp3) is 0.467. The number of hydrogen-bond acceptors (Lipinski definition) is 5. The van der Waals surface area contributed by atoms with Gasteiger partial charge in [-0.3, -0.25) is 4.79 Å². The monoisotopic (exact) mass is 343 g/mol. The number of hydrogen-bond donors (Lipinski definition) is 2. The second kappa shape index (κ2) is 8.07. The Hall–Kier alpha value is -1.93. The summed E-state index contributed by atoms with van der Waals surface area (Å²) in [5.74, 6) is -2.36. The highest BCUT2D eigenvalue weighted by Crippen LogP contribution is 2.14. The Labute approximate surface area is 135 Å². The number of esters is 1. The van der Waals surface area contributed by atoms with Crippen molar-refractivity contribution in [2.75, 3.05) is 7.11 Å². The van der Waals surface area contributed by atoms with Crippen molar-refractivity contribution >= 4 is 22.0 Å². The van der Waals surface area contributed by atoms with E-state index in [0.717, 1.165) is 0 Å². The Balaban J connectivity index is 2.99. The first-order valence-electron chi connectivity index (χ1n) is 7.05. The number of aliphatic carboxylic acids is 1. The van der Waals surface area contributed by atoms with Crippen LogP contribution in [-0.2, 0) is 25.3 Å². The third-order valence-corrected chi connectivity index (χ3v) is 4.43. The fourth-order valence-electron chi connectivity index (χ4n) is 2.09. The van der Waals surface area contributed by atoms with Crippen LogP contribution >= 0.6 is 0 Å². The lowest BCUT2D eigenvalue weighted by Crippen LogP contribution is -2.42. The van der Waals surface area contributed by atoms with Gasteiger partial charge in [0.2, 0.25) is 10.0 Å². The highest BCUT2D eigenvalue weighted by atomic mass is 32.2. The number of benzene rings is 1. The quantitative estimate of drug-likeness (QED) is 0.690. The summed E-state index contributed by atoms with van der Waals surface area (Å²) in [4.78, 5) is 22.9. The Morgan fingerprint density at radius 3 is 2.39 bits per heavy atom. The average molecular weight is 343 g/mol. The second-order valence-corrected chi connectivity index (χ2v) is 7.30. The van der Waals surface area contributed by atoms with Gasteiger partial charge in [-0.05, 0) is 24.0 Å². The van der Waals surface area contributed by atoms with Crippen LogP contribution in [0.5, 0.6) is 0 Å². The van der Waals surface area contributed by atoms with Crippen LogP contribution in [0.15, 0.2) is 24.3 Å². The molecule has 8 heteroatoms. The van der Waals surface area contributed by atoms with Crippen molar-refractivity contribution in [3.63, 3.8) is 0 Å². The maximum absolute atomic E-state index is 12.2. The average Bonchev–Trinajstić information content (AvgIpc) is 2.45. The predicted molar refractivity (Wildman–Crippen MR) is 84.4 cm³/mol. The summed E-state index contributed by atoms with van der Waals surface area (Å²) in [7, 11) is -2.72. The molecule has 2 N–H and O–H groups in total. The lowest BCUT2D eigenvalue weighted by molar-refractivity contribution is -0.139. The smallest absolute Gasteiger partial charge is 0.338 e. The van der Waals surface area contributed by atoms with E-state index in [1.54, 1.807) is 26.0 Å². The van der Waals surface area contributed by atoms with Gasteiger partial charge >= 0.3 is 11.9 Å². The van der Waals surface area contributed by atoms with Gasteiger partial charge in [-0.25, -0.2) is 17.9 Å². The van der Waals surface area contributed by atoms with E-state index < -0.39 is 33.8 Å². The number of ether oxygens (including phenoxy) is 1. The van der Waals surface area contributed by atoms with E-state index in [-0.39, 0.29) is 23.5 Å². The van der Waals surface area contributed by atoms with E-state index in [2.05, 4.69) is 9.46 Å². The number of nitrogens with one attached hydrogen (secondary N) is 1. The number of carboxylic acid groups (broad SMARTS) is 1. The second-order valence-electron chi connectivity index (χ2n) is 5.55. The molecule has 128 valence electrons. The Morgan fingerprint density at radius 1 is 1.26 bits per heavy atom. The molecule has 0 aliphatic rings. The van der Waals surface area contributed by atoms with Crippen molar-refractivity contribution in [3.8, 4) is 0 Å². The van der Waals surface area contributed by atoms with Crippen molar-refractivity contribution in [1.82, 2.24) is 4.72 Å². The first kappa shape index (κ1) is 19.1. The van der Waals surface area contributed by atoms with Crippen LogP contribution in [0.4, 0.5) is 0 Å².